The lowest BCUT2D eigenvalue weighted by atomic mass is 9.93. The molecule has 0 aliphatic carbocycles. The molecule has 0 bridgehead atoms. The number of halogens is 2. The maximum atomic E-state index is 13.7. The van der Waals surface area contributed by atoms with Gasteiger partial charge in [0, 0.05) is 38.3 Å². The van der Waals surface area contributed by atoms with Crippen LogP contribution in [0.15, 0.2) is 71.5 Å². The van der Waals surface area contributed by atoms with E-state index in [1.54, 1.807) is 49.5 Å². The number of aromatic nitrogens is 2. The van der Waals surface area contributed by atoms with Crippen molar-refractivity contribution in [3.05, 3.63) is 106 Å². The van der Waals surface area contributed by atoms with Crippen LogP contribution >= 0.6 is 0 Å². The molecule has 0 unspecified atom stereocenters. The Bertz CT molecular complexity index is 1500. The number of anilines is 1. The zero-order valence-electron chi connectivity index (χ0n) is 20.9. The molecule has 0 saturated carbocycles. The molecule has 4 aromatic rings. The van der Waals surface area contributed by atoms with E-state index in [4.69, 9.17) is 0 Å². The largest absolute Gasteiger partial charge is 0.364 e. The first-order valence-corrected chi connectivity index (χ1v) is 12.2. The van der Waals surface area contributed by atoms with E-state index in [1.165, 1.54) is 28.8 Å². The van der Waals surface area contributed by atoms with Gasteiger partial charge in [0.1, 0.15) is 28.9 Å². The van der Waals surface area contributed by atoms with Crippen molar-refractivity contribution in [3.8, 4) is 6.07 Å². The van der Waals surface area contributed by atoms with Crippen LogP contribution < -0.4 is 10.5 Å². The zero-order valence-corrected chi connectivity index (χ0v) is 20.9. The van der Waals surface area contributed by atoms with Crippen LogP contribution in [0.25, 0.3) is 11.0 Å². The summed E-state index contributed by atoms with van der Waals surface area (Å²) in [4.78, 5) is 21.9. The molecule has 1 fully saturated rings. The summed E-state index contributed by atoms with van der Waals surface area (Å²) in [7, 11) is 1.70. The standard InChI is InChI=1S/C29H27F2N5O/c1-18-17-36(29(20-4-8-22(30)9-5-20)21-6-10-23(31)11-7-21)19(2)16-35(18)26-14-27(37)34(3)25-13-12-24(15-32)33-28(25)26/h4-14,18-19,29H,16-17H2,1-3H3/t18-,19-/m0/s1. The lowest BCUT2D eigenvalue weighted by Crippen LogP contribution is -2.57. The summed E-state index contributed by atoms with van der Waals surface area (Å²) < 4.78 is 29.0. The topological polar surface area (TPSA) is 65.2 Å². The van der Waals surface area contributed by atoms with Crippen molar-refractivity contribution in [3.63, 3.8) is 0 Å². The smallest absolute Gasteiger partial charge is 0.252 e. The van der Waals surface area contributed by atoms with E-state index < -0.39 is 0 Å². The van der Waals surface area contributed by atoms with E-state index >= 15 is 0 Å². The lowest BCUT2D eigenvalue weighted by Gasteiger charge is -2.48. The summed E-state index contributed by atoms with van der Waals surface area (Å²) in [6, 6.07) is 19.7. The molecule has 2 aromatic heterocycles. The van der Waals surface area contributed by atoms with Gasteiger partial charge in [0.25, 0.3) is 5.56 Å². The molecule has 0 N–H and O–H groups in total. The third kappa shape index (κ3) is 4.58. The van der Waals surface area contributed by atoms with Gasteiger partial charge >= 0.3 is 0 Å². The van der Waals surface area contributed by atoms with Gasteiger partial charge in [0.2, 0.25) is 0 Å². The highest BCUT2D eigenvalue weighted by Crippen LogP contribution is 2.36. The number of rotatable bonds is 4. The molecule has 6 nitrogen and oxygen atoms in total. The predicted molar refractivity (Wildman–Crippen MR) is 139 cm³/mol. The van der Waals surface area contributed by atoms with Gasteiger partial charge in [0.05, 0.1) is 17.2 Å². The number of fused-ring (bicyclic) bond motifs is 1. The van der Waals surface area contributed by atoms with Crippen molar-refractivity contribution in [2.75, 3.05) is 18.0 Å². The fourth-order valence-corrected chi connectivity index (χ4v) is 5.31. The SMILES string of the molecule is C[C@H]1CN(C(c2ccc(F)cc2)c2ccc(F)cc2)[C@@H](C)CN1c1cc(=O)n(C)c2ccc(C#N)nc12. The van der Waals surface area contributed by atoms with Gasteiger partial charge in [-0.25, -0.2) is 13.8 Å². The Morgan fingerprint density at radius 3 is 2.08 bits per heavy atom. The molecular weight excluding hydrogens is 472 g/mol. The Morgan fingerprint density at radius 2 is 1.51 bits per heavy atom. The zero-order chi connectivity index (χ0) is 26.3. The van der Waals surface area contributed by atoms with E-state index in [0.29, 0.717) is 35.5 Å². The van der Waals surface area contributed by atoms with Crippen LogP contribution in [0.1, 0.15) is 36.7 Å². The Labute approximate surface area is 214 Å². The number of piperazine rings is 1. The summed E-state index contributed by atoms with van der Waals surface area (Å²) >= 11 is 0. The van der Waals surface area contributed by atoms with E-state index in [-0.39, 0.29) is 35.3 Å². The molecule has 2 atom stereocenters. The molecule has 37 heavy (non-hydrogen) atoms. The van der Waals surface area contributed by atoms with Crippen molar-refractivity contribution in [1.82, 2.24) is 14.5 Å². The average molecular weight is 500 g/mol. The molecule has 2 aromatic carbocycles. The van der Waals surface area contributed by atoms with Crippen LogP contribution in [0.3, 0.4) is 0 Å². The van der Waals surface area contributed by atoms with Crippen LogP contribution in [0.2, 0.25) is 0 Å². The fourth-order valence-electron chi connectivity index (χ4n) is 5.31. The van der Waals surface area contributed by atoms with Crippen molar-refractivity contribution in [1.29, 1.82) is 5.26 Å². The monoisotopic (exact) mass is 499 g/mol. The van der Waals surface area contributed by atoms with Crippen LogP contribution in [0.4, 0.5) is 14.5 Å². The molecule has 1 aliphatic heterocycles. The molecule has 1 saturated heterocycles. The van der Waals surface area contributed by atoms with E-state index in [2.05, 4.69) is 34.7 Å². The number of nitriles is 1. The molecule has 3 heterocycles. The molecule has 5 rings (SSSR count). The first-order valence-electron chi connectivity index (χ1n) is 12.2. The van der Waals surface area contributed by atoms with Crippen molar-refractivity contribution in [2.24, 2.45) is 7.05 Å². The number of benzene rings is 2. The normalized spacial score (nSPS) is 18.4. The first kappa shape index (κ1) is 24.6. The van der Waals surface area contributed by atoms with Gasteiger partial charge in [-0.15, -0.1) is 0 Å². The van der Waals surface area contributed by atoms with Gasteiger partial charge in [0.15, 0.2) is 0 Å². The molecule has 8 heteroatoms. The minimum Gasteiger partial charge on any atom is -0.364 e. The maximum absolute atomic E-state index is 13.7. The molecule has 188 valence electrons. The third-order valence-electron chi connectivity index (χ3n) is 7.23. The highest BCUT2D eigenvalue weighted by Gasteiger charge is 2.36. The third-order valence-corrected chi connectivity index (χ3v) is 7.23. The van der Waals surface area contributed by atoms with Crippen molar-refractivity contribution < 1.29 is 8.78 Å². The summed E-state index contributed by atoms with van der Waals surface area (Å²) in [5, 5.41) is 9.41. The van der Waals surface area contributed by atoms with Crippen LogP contribution in [-0.2, 0) is 7.05 Å². The average Bonchev–Trinajstić information content (AvgIpc) is 2.90. The van der Waals surface area contributed by atoms with Crippen LogP contribution in [0.5, 0.6) is 0 Å². The van der Waals surface area contributed by atoms with Gasteiger partial charge in [-0.05, 0) is 61.4 Å². The highest BCUT2D eigenvalue weighted by atomic mass is 19.1. The van der Waals surface area contributed by atoms with Gasteiger partial charge in [-0.3, -0.25) is 9.69 Å². The summed E-state index contributed by atoms with van der Waals surface area (Å²) in [5.41, 5.74) is 3.96. The maximum Gasteiger partial charge on any atom is 0.252 e. The second-order valence-corrected chi connectivity index (χ2v) is 9.66. The molecule has 1 aliphatic rings. The molecule has 0 radical (unpaired) electrons. The second kappa shape index (κ2) is 9.75. The van der Waals surface area contributed by atoms with Gasteiger partial charge < -0.3 is 9.47 Å². The second-order valence-electron chi connectivity index (χ2n) is 9.66. The summed E-state index contributed by atoms with van der Waals surface area (Å²) in [5.74, 6) is -0.621. The Hall–Kier alpha value is -4.09. The van der Waals surface area contributed by atoms with E-state index in [0.717, 1.165) is 11.1 Å². The quantitative estimate of drug-likeness (QED) is 0.405. The minimum absolute atomic E-state index is 0.0116. The Kier molecular flexibility index (Phi) is 6.48. The van der Waals surface area contributed by atoms with Crippen molar-refractivity contribution >= 4 is 16.7 Å². The summed E-state index contributed by atoms with van der Waals surface area (Å²) in [6.07, 6.45) is 0. The van der Waals surface area contributed by atoms with E-state index in [9.17, 15) is 18.8 Å². The fraction of sp³-hybridized carbons (Fsp3) is 0.276. The predicted octanol–water partition coefficient (Wildman–Crippen LogP) is 4.77. The lowest BCUT2D eigenvalue weighted by molar-refractivity contribution is 0.130. The molecule has 0 spiro atoms. The van der Waals surface area contributed by atoms with Gasteiger partial charge in [-0.2, -0.15) is 5.26 Å². The molecular formula is C29H27F2N5O. The van der Waals surface area contributed by atoms with Crippen molar-refractivity contribution in [2.45, 2.75) is 32.0 Å². The number of hydrogen-bond acceptors (Lipinski definition) is 5. The summed E-state index contributed by atoms with van der Waals surface area (Å²) in [6.45, 7) is 5.43. The number of pyridine rings is 2. The Balaban J connectivity index is 1.55. The number of nitrogens with zero attached hydrogens (tertiary/aromatic N) is 5. The van der Waals surface area contributed by atoms with Crippen LogP contribution in [-0.4, -0.2) is 39.6 Å². The Morgan fingerprint density at radius 1 is 0.919 bits per heavy atom. The highest BCUT2D eigenvalue weighted by molar-refractivity contribution is 5.89. The molecule has 0 amide bonds. The first-order chi connectivity index (χ1) is 17.8. The number of hydrogen-bond donors (Lipinski definition) is 0. The minimum atomic E-state index is -0.311. The van der Waals surface area contributed by atoms with Gasteiger partial charge in [-0.1, -0.05) is 24.3 Å². The van der Waals surface area contributed by atoms with Crippen LogP contribution in [0, 0.1) is 23.0 Å². The van der Waals surface area contributed by atoms with E-state index in [1.807, 2.05) is 0 Å². The number of aryl methyl sites for hydroxylation is 1.